The first-order chi connectivity index (χ1) is 8.89. The highest BCUT2D eigenvalue weighted by Gasteiger charge is 2.24. The molecule has 0 atom stereocenters. The fraction of sp³-hybridized carbons (Fsp3) is 0.533. The number of Topliss-reactive ketones (excluding diaryl/α,β-unsaturated/α-hetero) is 1. The maximum absolute atomic E-state index is 11.3. The quantitative estimate of drug-likeness (QED) is 0.843. The van der Waals surface area contributed by atoms with Crippen LogP contribution in [0, 0.1) is 0 Å². The monoisotopic (exact) mass is 279 g/mol. The number of hydrogen-bond donors (Lipinski definition) is 1. The third kappa shape index (κ3) is 3.44. The Balaban J connectivity index is 2.18. The number of rotatable bonds is 2. The van der Waals surface area contributed by atoms with E-state index < -0.39 is 0 Å². The minimum Gasteiger partial charge on any atom is -0.507 e. The van der Waals surface area contributed by atoms with Crippen molar-refractivity contribution >= 4 is 23.2 Å². The molecule has 1 N–H and O–H groups in total. The number of hydrogen-bond acceptors (Lipinski definition) is 4. The van der Waals surface area contributed by atoms with Gasteiger partial charge in [-0.3, -0.25) is 4.79 Å². The van der Waals surface area contributed by atoms with Crippen molar-refractivity contribution in [3.05, 3.63) is 23.8 Å². The van der Waals surface area contributed by atoms with Crippen molar-refractivity contribution in [3.8, 4) is 5.75 Å². The van der Waals surface area contributed by atoms with Crippen LogP contribution in [0.2, 0.25) is 0 Å². The zero-order valence-corrected chi connectivity index (χ0v) is 12.6. The van der Waals surface area contributed by atoms with Gasteiger partial charge >= 0.3 is 0 Å². The van der Waals surface area contributed by atoms with Gasteiger partial charge in [-0.1, -0.05) is 13.8 Å². The summed E-state index contributed by atoms with van der Waals surface area (Å²) in [6.07, 6.45) is 1.12. The second kappa shape index (κ2) is 5.45. The fourth-order valence-electron chi connectivity index (χ4n) is 2.29. The molecule has 0 aliphatic carbocycles. The number of benzene rings is 1. The zero-order valence-electron chi connectivity index (χ0n) is 11.8. The molecule has 1 heterocycles. The van der Waals surface area contributed by atoms with E-state index in [1.165, 1.54) is 6.92 Å². The second-order valence-electron chi connectivity index (χ2n) is 5.60. The maximum atomic E-state index is 11.3. The summed E-state index contributed by atoms with van der Waals surface area (Å²) in [5.41, 5.74) is 1.40. The lowest BCUT2D eigenvalue weighted by Gasteiger charge is -2.24. The number of carbonyl (C=O) groups is 1. The van der Waals surface area contributed by atoms with E-state index in [1.54, 1.807) is 12.1 Å². The Morgan fingerprint density at radius 2 is 2.11 bits per heavy atom. The minimum atomic E-state index is -0.100. The van der Waals surface area contributed by atoms with Crippen molar-refractivity contribution in [1.82, 2.24) is 0 Å². The zero-order chi connectivity index (χ0) is 14.0. The molecule has 1 aromatic carbocycles. The molecule has 1 aliphatic heterocycles. The van der Waals surface area contributed by atoms with E-state index in [0.29, 0.717) is 10.3 Å². The Morgan fingerprint density at radius 3 is 2.74 bits per heavy atom. The predicted molar refractivity (Wildman–Crippen MR) is 81.5 cm³/mol. The van der Waals surface area contributed by atoms with Gasteiger partial charge in [-0.25, -0.2) is 0 Å². The van der Waals surface area contributed by atoms with Gasteiger partial charge in [0, 0.05) is 35.3 Å². The standard InChI is InChI=1S/C15H21NO2S/c1-11(17)13-5-4-12(10-14(13)18)16-7-6-15(2,3)19-9-8-16/h4-5,10,18H,6-9H2,1-3H3. The molecule has 4 heteroatoms. The van der Waals surface area contributed by atoms with Crippen LogP contribution in [0.15, 0.2) is 18.2 Å². The molecule has 0 saturated carbocycles. The number of anilines is 1. The summed E-state index contributed by atoms with van der Waals surface area (Å²) in [6.45, 7) is 7.99. The summed E-state index contributed by atoms with van der Waals surface area (Å²) < 4.78 is 0.316. The van der Waals surface area contributed by atoms with Crippen molar-refractivity contribution in [2.24, 2.45) is 0 Å². The lowest BCUT2D eigenvalue weighted by molar-refractivity contribution is 0.101. The summed E-state index contributed by atoms with van der Waals surface area (Å²) in [4.78, 5) is 13.6. The number of carbonyl (C=O) groups excluding carboxylic acids is 1. The minimum absolute atomic E-state index is 0.0844. The number of ketones is 1. The van der Waals surface area contributed by atoms with Crippen LogP contribution in [0.25, 0.3) is 0 Å². The van der Waals surface area contributed by atoms with E-state index in [0.717, 1.165) is 31.0 Å². The van der Waals surface area contributed by atoms with E-state index in [2.05, 4.69) is 18.7 Å². The van der Waals surface area contributed by atoms with Gasteiger partial charge in [-0.15, -0.1) is 0 Å². The smallest absolute Gasteiger partial charge is 0.163 e. The van der Waals surface area contributed by atoms with Crippen LogP contribution >= 0.6 is 11.8 Å². The number of phenolic OH excluding ortho intramolecular Hbond substituents is 1. The third-order valence-corrected chi connectivity index (χ3v) is 4.94. The topological polar surface area (TPSA) is 40.5 Å². The molecule has 0 spiro atoms. The summed E-state index contributed by atoms with van der Waals surface area (Å²) >= 11 is 1.99. The number of thioether (sulfide) groups is 1. The average molecular weight is 279 g/mol. The summed E-state index contributed by atoms with van der Waals surface area (Å²) in [7, 11) is 0. The highest BCUT2D eigenvalue weighted by atomic mass is 32.2. The number of phenols is 1. The van der Waals surface area contributed by atoms with E-state index in [1.807, 2.05) is 17.8 Å². The molecule has 0 aromatic heterocycles. The van der Waals surface area contributed by atoms with Crippen LogP contribution in [0.5, 0.6) is 5.75 Å². The third-order valence-electron chi connectivity index (χ3n) is 3.56. The molecule has 2 rings (SSSR count). The van der Waals surface area contributed by atoms with Crippen molar-refractivity contribution in [3.63, 3.8) is 0 Å². The first kappa shape index (κ1) is 14.3. The molecule has 1 fully saturated rings. The van der Waals surface area contributed by atoms with Crippen molar-refractivity contribution in [2.75, 3.05) is 23.7 Å². The molecule has 0 amide bonds. The van der Waals surface area contributed by atoms with Crippen LogP contribution in [0.3, 0.4) is 0 Å². The molecule has 104 valence electrons. The van der Waals surface area contributed by atoms with E-state index >= 15 is 0 Å². The van der Waals surface area contributed by atoms with Gasteiger partial charge < -0.3 is 10.0 Å². The van der Waals surface area contributed by atoms with E-state index in [-0.39, 0.29) is 11.5 Å². The summed E-state index contributed by atoms with van der Waals surface area (Å²) in [5.74, 6) is 1.07. The van der Waals surface area contributed by atoms with Gasteiger partial charge in [0.2, 0.25) is 0 Å². The van der Waals surface area contributed by atoms with Crippen molar-refractivity contribution < 1.29 is 9.90 Å². The van der Waals surface area contributed by atoms with E-state index in [4.69, 9.17) is 0 Å². The Morgan fingerprint density at radius 1 is 1.37 bits per heavy atom. The lowest BCUT2D eigenvalue weighted by atomic mass is 10.1. The Bertz CT molecular complexity index is 485. The summed E-state index contributed by atoms with van der Waals surface area (Å²) in [6, 6.07) is 5.36. The predicted octanol–water partition coefficient (Wildman–Crippen LogP) is 3.32. The lowest BCUT2D eigenvalue weighted by Crippen LogP contribution is -2.26. The highest BCUT2D eigenvalue weighted by Crippen LogP contribution is 2.33. The van der Waals surface area contributed by atoms with Gasteiger partial charge in [0.05, 0.1) is 5.56 Å². The SMILES string of the molecule is CC(=O)c1ccc(N2CCSC(C)(C)CC2)cc1O. The molecule has 1 aromatic rings. The molecule has 1 aliphatic rings. The number of aromatic hydroxyl groups is 1. The van der Waals surface area contributed by atoms with Gasteiger partial charge in [0.1, 0.15) is 5.75 Å². The molecule has 3 nitrogen and oxygen atoms in total. The van der Waals surface area contributed by atoms with E-state index in [9.17, 15) is 9.90 Å². The van der Waals surface area contributed by atoms with Gasteiger partial charge in [0.25, 0.3) is 0 Å². The fourth-order valence-corrected chi connectivity index (χ4v) is 3.39. The normalized spacial score (nSPS) is 19.0. The van der Waals surface area contributed by atoms with Crippen LogP contribution in [-0.4, -0.2) is 34.5 Å². The second-order valence-corrected chi connectivity index (χ2v) is 7.40. The Kier molecular flexibility index (Phi) is 4.09. The average Bonchev–Trinajstić information content (AvgIpc) is 2.49. The molecular formula is C15H21NO2S. The largest absolute Gasteiger partial charge is 0.507 e. The molecule has 19 heavy (non-hydrogen) atoms. The van der Waals surface area contributed by atoms with Crippen molar-refractivity contribution in [2.45, 2.75) is 31.9 Å². The van der Waals surface area contributed by atoms with Gasteiger partial charge in [-0.05, 0) is 25.5 Å². The molecule has 0 bridgehead atoms. The van der Waals surface area contributed by atoms with Crippen LogP contribution in [0.1, 0.15) is 37.6 Å². The number of nitrogens with zero attached hydrogens (tertiary/aromatic N) is 1. The van der Waals surface area contributed by atoms with Gasteiger partial charge in [0.15, 0.2) is 5.78 Å². The maximum Gasteiger partial charge on any atom is 0.163 e. The molecular weight excluding hydrogens is 258 g/mol. The van der Waals surface area contributed by atoms with Crippen LogP contribution < -0.4 is 4.90 Å². The van der Waals surface area contributed by atoms with Crippen LogP contribution in [-0.2, 0) is 0 Å². The first-order valence-corrected chi connectivity index (χ1v) is 7.60. The van der Waals surface area contributed by atoms with Crippen molar-refractivity contribution in [1.29, 1.82) is 0 Å². The Labute approximate surface area is 119 Å². The molecule has 0 radical (unpaired) electrons. The van der Waals surface area contributed by atoms with Gasteiger partial charge in [-0.2, -0.15) is 11.8 Å². The molecule has 0 unspecified atom stereocenters. The molecule has 1 saturated heterocycles. The van der Waals surface area contributed by atoms with Crippen LogP contribution in [0.4, 0.5) is 5.69 Å². The Hall–Kier alpha value is -1.16. The highest BCUT2D eigenvalue weighted by molar-refractivity contribution is 8.00. The first-order valence-electron chi connectivity index (χ1n) is 6.62. The summed E-state index contributed by atoms with van der Waals surface area (Å²) in [5, 5.41) is 9.91.